The van der Waals surface area contributed by atoms with Crippen molar-refractivity contribution in [3.63, 3.8) is 0 Å². The van der Waals surface area contributed by atoms with Crippen LogP contribution < -0.4 is 5.32 Å². The fourth-order valence-corrected chi connectivity index (χ4v) is 3.32. The third kappa shape index (κ3) is 4.02. The summed E-state index contributed by atoms with van der Waals surface area (Å²) in [7, 11) is 0. The zero-order chi connectivity index (χ0) is 12.5. The summed E-state index contributed by atoms with van der Waals surface area (Å²) in [5, 5.41) is 4.29. The highest BCUT2D eigenvalue weighted by atomic mass is 35.5. The van der Waals surface area contributed by atoms with Crippen molar-refractivity contribution in [2.75, 3.05) is 26.2 Å². The summed E-state index contributed by atoms with van der Waals surface area (Å²) in [6, 6.07) is 7.00. The number of hydrogen-bond donors (Lipinski definition) is 1. The average molecular weight is 338 g/mol. The van der Waals surface area contributed by atoms with E-state index in [1.54, 1.807) is 0 Å². The Kier molecular flexibility index (Phi) is 7.10. The summed E-state index contributed by atoms with van der Waals surface area (Å²) >= 11 is 6.08. The monoisotopic (exact) mass is 336 g/mol. The number of nitrogens with zero attached hydrogens (tertiary/aromatic N) is 1. The molecule has 0 spiro atoms. The van der Waals surface area contributed by atoms with Gasteiger partial charge in [-0.15, -0.1) is 24.8 Å². The molecular formula is C15H23Cl3N2. The predicted molar refractivity (Wildman–Crippen MR) is 90.6 cm³/mol. The van der Waals surface area contributed by atoms with Crippen LogP contribution in [-0.2, 0) is 0 Å². The Morgan fingerprint density at radius 2 is 1.85 bits per heavy atom. The molecule has 1 aromatic rings. The van der Waals surface area contributed by atoms with Gasteiger partial charge in [-0.1, -0.05) is 17.7 Å². The van der Waals surface area contributed by atoms with E-state index < -0.39 is 0 Å². The van der Waals surface area contributed by atoms with Crippen molar-refractivity contribution in [3.8, 4) is 0 Å². The van der Waals surface area contributed by atoms with E-state index in [9.17, 15) is 0 Å². The van der Waals surface area contributed by atoms with Gasteiger partial charge in [-0.05, 0) is 48.9 Å². The van der Waals surface area contributed by atoms with Gasteiger partial charge in [-0.25, -0.2) is 0 Å². The number of hydrogen-bond acceptors (Lipinski definition) is 2. The maximum absolute atomic E-state index is 6.08. The van der Waals surface area contributed by atoms with Crippen molar-refractivity contribution >= 4 is 36.4 Å². The minimum Gasteiger partial charge on any atom is -0.314 e. The molecule has 0 aromatic heterocycles. The van der Waals surface area contributed by atoms with Gasteiger partial charge in [0.05, 0.1) is 0 Å². The maximum atomic E-state index is 6.08. The van der Waals surface area contributed by atoms with Crippen molar-refractivity contribution in [2.24, 2.45) is 5.92 Å². The Morgan fingerprint density at radius 3 is 2.40 bits per heavy atom. The molecular weight excluding hydrogens is 315 g/mol. The van der Waals surface area contributed by atoms with Crippen LogP contribution in [-0.4, -0.2) is 31.1 Å². The molecule has 0 bridgehead atoms. The molecule has 1 saturated heterocycles. The topological polar surface area (TPSA) is 15.3 Å². The normalized spacial score (nSPS) is 20.7. The maximum Gasteiger partial charge on any atom is 0.0408 e. The van der Waals surface area contributed by atoms with Crippen LogP contribution in [0.3, 0.4) is 0 Å². The van der Waals surface area contributed by atoms with Gasteiger partial charge in [0.1, 0.15) is 0 Å². The molecule has 1 aromatic carbocycles. The Labute approximate surface area is 139 Å². The van der Waals surface area contributed by atoms with Crippen LogP contribution in [0, 0.1) is 12.8 Å². The molecule has 0 unspecified atom stereocenters. The number of nitrogens with one attached hydrogen (secondary N) is 1. The Morgan fingerprint density at radius 1 is 1.20 bits per heavy atom. The first-order valence-corrected chi connectivity index (χ1v) is 7.34. The predicted octanol–water partition coefficient (Wildman–Crippen LogP) is 3.85. The van der Waals surface area contributed by atoms with Crippen LogP contribution in [0.4, 0.5) is 0 Å². The fraction of sp³-hybridized carbons (Fsp3) is 0.600. The van der Waals surface area contributed by atoms with Gasteiger partial charge in [0.15, 0.2) is 0 Å². The lowest BCUT2D eigenvalue weighted by Crippen LogP contribution is -2.45. The fourth-order valence-electron chi connectivity index (χ4n) is 3.09. The second-order valence-corrected chi connectivity index (χ2v) is 6.01. The number of benzene rings is 1. The summed E-state index contributed by atoms with van der Waals surface area (Å²) in [6.07, 6.45) is 2.77. The summed E-state index contributed by atoms with van der Waals surface area (Å²) in [4.78, 5) is 2.66. The third-order valence-electron chi connectivity index (χ3n) is 4.16. The van der Waals surface area contributed by atoms with Crippen molar-refractivity contribution in [3.05, 3.63) is 34.3 Å². The van der Waals surface area contributed by atoms with Gasteiger partial charge in [0, 0.05) is 37.2 Å². The molecule has 2 aliphatic rings. The first-order valence-electron chi connectivity index (χ1n) is 6.96. The molecule has 0 radical (unpaired) electrons. The number of rotatable bonds is 3. The van der Waals surface area contributed by atoms with E-state index in [0.717, 1.165) is 24.0 Å². The molecule has 1 N–H and O–H groups in total. The van der Waals surface area contributed by atoms with E-state index in [4.69, 9.17) is 11.6 Å². The lowest BCUT2D eigenvalue weighted by molar-refractivity contribution is 0.155. The Hall–Kier alpha value is 0.01000. The largest absolute Gasteiger partial charge is 0.314 e. The molecule has 3 rings (SSSR count). The number of piperazine rings is 1. The van der Waals surface area contributed by atoms with Crippen molar-refractivity contribution in [1.82, 2.24) is 10.2 Å². The van der Waals surface area contributed by atoms with E-state index >= 15 is 0 Å². The Bertz CT molecular complexity index is 429. The number of halogens is 3. The van der Waals surface area contributed by atoms with Crippen molar-refractivity contribution in [2.45, 2.75) is 25.8 Å². The summed E-state index contributed by atoms with van der Waals surface area (Å²) in [6.45, 7) is 6.77. The molecule has 114 valence electrons. The van der Waals surface area contributed by atoms with E-state index in [2.05, 4.69) is 29.3 Å². The molecule has 20 heavy (non-hydrogen) atoms. The van der Waals surface area contributed by atoms with Crippen molar-refractivity contribution < 1.29 is 0 Å². The third-order valence-corrected chi connectivity index (χ3v) is 4.40. The highest BCUT2D eigenvalue weighted by molar-refractivity contribution is 6.30. The first-order chi connectivity index (χ1) is 8.75. The van der Waals surface area contributed by atoms with E-state index in [1.807, 2.05) is 6.07 Å². The molecule has 2 nitrogen and oxygen atoms in total. The van der Waals surface area contributed by atoms with Gasteiger partial charge < -0.3 is 5.32 Å². The summed E-state index contributed by atoms with van der Waals surface area (Å²) < 4.78 is 0. The molecule has 1 saturated carbocycles. The minimum absolute atomic E-state index is 0. The molecule has 1 aliphatic carbocycles. The number of aryl methyl sites for hydroxylation is 1. The standard InChI is InChI=1S/C15H21ClN2.2ClH/c1-11-10-13(16)4-5-14(11)15(12-2-3-12)18-8-6-17-7-9-18;;/h4-5,10,12,15,17H,2-3,6-9H2,1H3;2*1H/t15-;;/m0../s1. The van der Waals surface area contributed by atoms with Gasteiger partial charge in [-0.2, -0.15) is 0 Å². The lowest BCUT2D eigenvalue weighted by Gasteiger charge is -2.36. The molecule has 1 aliphatic heterocycles. The van der Waals surface area contributed by atoms with Crippen LogP contribution in [0.25, 0.3) is 0 Å². The van der Waals surface area contributed by atoms with Crippen LogP contribution >= 0.6 is 36.4 Å². The molecule has 2 fully saturated rings. The van der Waals surface area contributed by atoms with Gasteiger partial charge in [0.2, 0.25) is 0 Å². The minimum atomic E-state index is 0. The second kappa shape index (κ2) is 7.86. The van der Waals surface area contributed by atoms with E-state index in [1.165, 1.54) is 37.1 Å². The molecule has 1 atom stereocenters. The zero-order valence-electron chi connectivity index (χ0n) is 11.8. The average Bonchev–Trinajstić information content (AvgIpc) is 3.18. The van der Waals surface area contributed by atoms with Gasteiger partial charge >= 0.3 is 0 Å². The quantitative estimate of drug-likeness (QED) is 0.901. The van der Waals surface area contributed by atoms with Crippen LogP contribution in [0.2, 0.25) is 5.02 Å². The van der Waals surface area contributed by atoms with Crippen LogP contribution in [0.1, 0.15) is 30.0 Å². The summed E-state index contributed by atoms with van der Waals surface area (Å²) in [5.41, 5.74) is 2.83. The SMILES string of the molecule is Cc1cc(Cl)ccc1[C@H](C1CC1)N1CCNCC1.Cl.Cl. The summed E-state index contributed by atoms with van der Waals surface area (Å²) in [5.74, 6) is 0.864. The smallest absolute Gasteiger partial charge is 0.0408 e. The second-order valence-electron chi connectivity index (χ2n) is 5.57. The Balaban J connectivity index is 0.000001000. The zero-order valence-corrected chi connectivity index (χ0v) is 14.2. The highest BCUT2D eigenvalue weighted by Crippen LogP contribution is 2.45. The first kappa shape index (κ1) is 18.1. The van der Waals surface area contributed by atoms with Crippen LogP contribution in [0.15, 0.2) is 18.2 Å². The highest BCUT2D eigenvalue weighted by Gasteiger charge is 2.37. The lowest BCUT2D eigenvalue weighted by atomic mass is 9.95. The van der Waals surface area contributed by atoms with E-state index in [0.29, 0.717) is 6.04 Å². The van der Waals surface area contributed by atoms with Gasteiger partial charge in [0.25, 0.3) is 0 Å². The van der Waals surface area contributed by atoms with E-state index in [-0.39, 0.29) is 24.8 Å². The molecule has 5 heteroatoms. The molecule has 1 heterocycles. The van der Waals surface area contributed by atoms with Crippen molar-refractivity contribution in [1.29, 1.82) is 0 Å². The van der Waals surface area contributed by atoms with Crippen LogP contribution in [0.5, 0.6) is 0 Å². The molecule has 0 amide bonds. The van der Waals surface area contributed by atoms with Gasteiger partial charge in [-0.3, -0.25) is 4.90 Å².